The van der Waals surface area contributed by atoms with Gasteiger partial charge in [0.25, 0.3) is 5.79 Å². The second kappa shape index (κ2) is 7.33. The first kappa shape index (κ1) is 16.9. The first-order chi connectivity index (χ1) is 8.26. The van der Waals surface area contributed by atoms with Gasteiger partial charge in [0.15, 0.2) is 6.10 Å². The molecular weight excluding hydrogens is 240 g/mol. The second-order valence-corrected chi connectivity index (χ2v) is 4.18. The first-order valence-corrected chi connectivity index (χ1v) is 6.04. The molecule has 6 nitrogen and oxygen atoms in total. The van der Waals surface area contributed by atoms with Gasteiger partial charge >= 0.3 is 11.9 Å². The van der Waals surface area contributed by atoms with Gasteiger partial charge in [0, 0.05) is 20.3 Å². The highest BCUT2D eigenvalue weighted by Crippen LogP contribution is 2.25. The van der Waals surface area contributed by atoms with Gasteiger partial charge in [0.1, 0.15) is 0 Å². The van der Waals surface area contributed by atoms with E-state index in [0.29, 0.717) is 12.8 Å². The third kappa shape index (κ3) is 5.01. The lowest BCUT2D eigenvalue weighted by Crippen LogP contribution is -2.53. The van der Waals surface area contributed by atoms with Gasteiger partial charge in [0.05, 0.1) is 6.10 Å². The summed E-state index contributed by atoms with van der Waals surface area (Å²) in [5.41, 5.74) is 0. The maximum Gasteiger partial charge on any atom is 0.305 e. The summed E-state index contributed by atoms with van der Waals surface area (Å²) in [4.78, 5) is 22.0. The van der Waals surface area contributed by atoms with Crippen molar-refractivity contribution in [1.29, 1.82) is 0 Å². The van der Waals surface area contributed by atoms with Gasteiger partial charge in [-0.25, -0.2) is 0 Å². The Labute approximate surface area is 107 Å². The van der Waals surface area contributed by atoms with Crippen molar-refractivity contribution in [2.75, 3.05) is 0 Å². The first-order valence-electron chi connectivity index (χ1n) is 6.04. The standard InChI is InChI=1S/C12H22O6/c1-5-7-10(15)11(17-8(3)13)12(16,6-2)18-9(4)14/h10-11,15-16H,5-7H2,1-4H3. The van der Waals surface area contributed by atoms with Crippen LogP contribution in [0.5, 0.6) is 0 Å². The van der Waals surface area contributed by atoms with Crippen LogP contribution in [0.4, 0.5) is 0 Å². The summed E-state index contributed by atoms with van der Waals surface area (Å²) in [7, 11) is 0. The van der Waals surface area contributed by atoms with Gasteiger partial charge in [-0.2, -0.15) is 0 Å². The fourth-order valence-corrected chi connectivity index (χ4v) is 1.68. The maximum absolute atomic E-state index is 11.0. The molecule has 106 valence electrons. The molecule has 0 aliphatic heterocycles. The van der Waals surface area contributed by atoms with Crippen LogP contribution in [0, 0.1) is 0 Å². The van der Waals surface area contributed by atoms with E-state index in [1.54, 1.807) is 6.92 Å². The number of aliphatic hydroxyl groups excluding tert-OH is 1. The lowest BCUT2D eigenvalue weighted by Gasteiger charge is -2.36. The van der Waals surface area contributed by atoms with Crippen LogP contribution < -0.4 is 0 Å². The molecule has 0 aliphatic carbocycles. The van der Waals surface area contributed by atoms with Crippen molar-refractivity contribution in [2.45, 2.75) is 65.0 Å². The van der Waals surface area contributed by atoms with Gasteiger partial charge in [-0.1, -0.05) is 20.3 Å². The summed E-state index contributed by atoms with van der Waals surface area (Å²) in [5, 5.41) is 20.1. The van der Waals surface area contributed by atoms with E-state index in [9.17, 15) is 19.8 Å². The monoisotopic (exact) mass is 262 g/mol. The van der Waals surface area contributed by atoms with E-state index in [-0.39, 0.29) is 6.42 Å². The highest BCUT2D eigenvalue weighted by Gasteiger charge is 2.45. The van der Waals surface area contributed by atoms with Crippen molar-refractivity contribution in [1.82, 2.24) is 0 Å². The maximum atomic E-state index is 11.0. The van der Waals surface area contributed by atoms with Gasteiger partial charge < -0.3 is 19.7 Å². The van der Waals surface area contributed by atoms with Crippen LogP contribution in [0.15, 0.2) is 0 Å². The minimum Gasteiger partial charge on any atom is -0.453 e. The molecule has 0 bridgehead atoms. The Kier molecular flexibility index (Phi) is 6.86. The fourth-order valence-electron chi connectivity index (χ4n) is 1.68. The van der Waals surface area contributed by atoms with Crippen LogP contribution in [-0.2, 0) is 19.1 Å². The molecule has 0 spiro atoms. The van der Waals surface area contributed by atoms with E-state index in [0.717, 1.165) is 13.8 Å². The van der Waals surface area contributed by atoms with Crippen molar-refractivity contribution in [2.24, 2.45) is 0 Å². The van der Waals surface area contributed by atoms with Crippen LogP contribution in [0.2, 0.25) is 0 Å². The Bertz CT molecular complexity index is 290. The van der Waals surface area contributed by atoms with Crippen LogP contribution in [0.1, 0.15) is 47.0 Å². The summed E-state index contributed by atoms with van der Waals surface area (Å²) in [6.07, 6.45) is -1.42. The normalized spacial score (nSPS) is 17.4. The minimum atomic E-state index is -2.01. The predicted octanol–water partition coefficient (Wildman–Crippen LogP) is 0.741. The molecule has 3 unspecified atom stereocenters. The molecule has 0 radical (unpaired) electrons. The Hall–Kier alpha value is -1.14. The second-order valence-electron chi connectivity index (χ2n) is 4.18. The zero-order valence-electron chi connectivity index (χ0n) is 11.3. The molecule has 0 aromatic heterocycles. The molecule has 0 amide bonds. The number of rotatable bonds is 7. The molecule has 0 aromatic carbocycles. The van der Waals surface area contributed by atoms with Crippen LogP contribution in [0.25, 0.3) is 0 Å². The molecule has 2 N–H and O–H groups in total. The average Bonchev–Trinajstić information content (AvgIpc) is 2.24. The largest absolute Gasteiger partial charge is 0.453 e. The predicted molar refractivity (Wildman–Crippen MR) is 63.5 cm³/mol. The van der Waals surface area contributed by atoms with Crippen molar-refractivity contribution in [3.63, 3.8) is 0 Å². The summed E-state index contributed by atoms with van der Waals surface area (Å²) in [6, 6.07) is 0. The van der Waals surface area contributed by atoms with Crippen molar-refractivity contribution < 1.29 is 29.3 Å². The topological polar surface area (TPSA) is 93.1 Å². The molecule has 0 saturated heterocycles. The van der Waals surface area contributed by atoms with E-state index in [1.165, 1.54) is 0 Å². The molecule has 0 fully saturated rings. The van der Waals surface area contributed by atoms with Gasteiger partial charge in [-0.05, 0) is 6.42 Å². The van der Waals surface area contributed by atoms with Gasteiger partial charge in [0.2, 0.25) is 0 Å². The smallest absolute Gasteiger partial charge is 0.305 e. The number of esters is 2. The molecule has 3 atom stereocenters. The van der Waals surface area contributed by atoms with Crippen molar-refractivity contribution in [3.05, 3.63) is 0 Å². The van der Waals surface area contributed by atoms with Gasteiger partial charge in [-0.3, -0.25) is 9.59 Å². The molecule has 0 aromatic rings. The zero-order valence-corrected chi connectivity index (χ0v) is 11.3. The lowest BCUT2D eigenvalue weighted by atomic mass is 9.98. The highest BCUT2D eigenvalue weighted by molar-refractivity contribution is 5.67. The number of aliphatic hydroxyl groups is 2. The summed E-state index contributed by atoms with van der Waals surface area (Å²) >= 11 is 0. The van der Waals surface area contributed by atoms with Crippen LogP contribution in [0.3, 0.4) is 0 Å². The SMILES string of the molecule is CCCC(O)C(OC(C)=O)C(O)(CC)OC(C)=O. The Balaban J connectivity index is 5.09. The van der Waals surface area contributed by atoms with Gasteiger partial charge in [-0.15, -0.1) is 0 Å². The van der Waals surface area contributed by atoms with E-state index in [4.69, 9.17) is 9.47 Å². The molecule has 0 rings (SSSR count). The Morgan fingerprint density at radius 3 is 2.11 bits per heavy atom. The van der Waals surface area contributed by atoms with Crippen molar-refractivity contribution in [3.8, 4) is 0 Å². The Morgan fingerprint density at radius 1 is 1.22 bits per heavy atom. The van der Waals surface area contributed by atoms with E-state index in [2.05, 4.69) is 0 Å². The van der Waals surface area contributed by atoms with E-state index >= 15 is 0 Å². The van der Waals surface area contributed by atoms with E-state index in [1.807, 2.05) is 6.92 Å². The number of hydrogen-bond donors (Lipinski definition) is 2. The number of carbonyl (C=O) groups excluding carboxylic acids is 2. The third-order valence-electron chi connectivity index (χ3n) is 2.50. The lowest BCUT2D eigenvalue weighted by molar-refractivity contribution is -0.269. The summed E-state index contributed by atoms with van der Waals surface area (Å²) in [5.74, 6) is -3.37. The summed E-state index contributed by atoms with van der Waals surface area (Å²) < 4.78 is 9.70. The minimum absolute atomic E-state index is 0.00526. The number of carbonyl (C=O) groups is 2. The van der Waals surface area contributed by atoms with Crippen LogP contribution >= 0.6 is 0 Å². The van der Waals surface area contributed by atoms with E-state index < -0.39 is 29.9 Å². The molecule has 6 heteroatoms. The third-order valence-corrected chi connectivity index (χ3v) is 2.50. The molecule has 18 heavy (non-hydrogen) atoms. The van der Waals surface area contributed by atoms with Crippen molar-refractivity contribution >= 4 is 11.9 Å². The quantitative estimate of drug-likeness (QED) is 0.519. The number of ether oxygens (including phenoxy) is 2. The molecule has 0 saturated carbocycles. The average molecular weight is 262 g/mol. The molecule has 0 heterocycles. The number of hydrogen-bond acceptors (Lipinski definition) is 6. The molecular formula is C12H22O6. The highest BCUT2D eigenvalue weighted by atomic mass is 16.7. The zero-order chi connectivity index (χ0) is 14.3. The van der Waals surface area contributed by atoms with Crippen LogP contribution in [-0.4, -0.2) is 40.1 Å². The summed E-state index contributed by atoms with van der Waals surface area (Å²) in [6.45, 7) is 5.70. The Morgan fingerprint density at radius 2 is 1.78 bits per heavy atom. The molecule has 0 aliphatic rings. The fraction of sp³-hybridized carbons (Fsp3) is 0.833.